The first-order valence-electron chi connectivity index (χ1n) is 6.84. The summed E-state index contributed by atoms with van der Waals surface area (Å²) in [6.07, 6.45) is 0.245. The molecule has 0 radical (unpaired) electrons. The molecule has 6 nitrogen and oxygen atoms in total. The van der Waals surface area contributed by atoms with Crippen LogP contribution in [-0.2, 0) is 4.79 Å². The summed E-state index contributed by atoms with van der Waals surface area (Å²) in [5.41, 5.74) is 2.58. The first-order valence-corrected chi connectivity index (χ1v) is 7.22. The molecule has 8 heteroatoms. The van der Waals surface area contributed by atoms with Crippen molar-refractivity contribution in [2.45, 2.75) is 13.0 Å². The molecule has 2 rings (SSSR count). The Morgan fingerprint density at radius 2 is 2.08 bits per heavy atom. The highest BCUT2D eigenvalue weighted by molar-refractivity contribution is 6.32. The molecule has 0 aliphatic rings. The molecule has 24 heavy (non-hydrogen) atoms. The van der Waals surface area contributed by atoms with Crippen molar-refractivity contribution in [3.63, 3.8) is 0 Å². The summed E-state index contributed by atoms with van der Waals surface area (Å²) < 4.78 is 18.7. The predicted molar refractivity (Wildman–Crippen MR) is 87.0 cm³/mol. The molecule has 1 amide bonds. The van der Waals surface area contributed by atoms with Gasteiger partial charge in [0.25, 0.3) is 5.91 Å². The molecule has 0 saturated carbocycles. The Bertz CT molecular complexity index is 759. The van der Waals surface area contributed by atoms with Gasteiger partial charge in [0.1, 0.15) is 0 Å². The zero-order valence-corrected chi connectivity index (χ0v) is 13.3. The summed E-state index contributed by atoms with van der Waals surface area (Å²) in [4.78, 5) is 11.8. The van der Waals surface area contributed by atoms with Gasteiger partial charge < -0.3 is 14.9 Å². The van der Waals surface area contributed by atoms with Gasteiger partial charge in [0.05, 0.1) is 11.2 Å². The van der Waals surface area contributed by atoms with E-state index < -0.39 is 29.3 Å². The molecule has 0 unspecified atom stereocenters. The van der Waals surface area contributed by atoms with Crippen molar-refractivity contribution in [3.05, 3.63) is 52.8 Å². The van der Waals surface area contributed by atoms with Gasteiger partial charge >= 0.3 is 0 Å². The van der Waals surface area contributed by atoms with Gasteiger partial charge in [-0.25, -0.2) is 9.82 Å². The van der Waals surface area contributed by atoms with Gasteiger partial charge in [0.2, 0.25) is 0 Å². The number of hydrazone groups is 1. The number of ether oxygens (including phenoxy) is 1. The van der Waals surface area contributed by atoms with E-state index in [1.807, 2.05) is 0 Å². The third-order valence-electron chi connectivity index (χ3n) is 2.96. The Kier molecular flexibility index (Phi) is 5.59. The summed E-state index contributed by atoms with van der Waals surface area (Å²) in [7, 11) is 0. The summed E-state index contributed by atoms with van der Waals surface area (Å²) in [5.74, 6) is -2.06. The lowest BCUT2D eigenvalue weighted by Crippen LogP contribution is -2.33. The standard InChI is InChI=1S/C16H14ClFN2O4/c1-9(24-14-5-3-2-4-12(14)18)16(23)20-19-8-10-6-11(17)15(22)13(21)7-10/h2-9,21-22H,1H3,(H,20,23)/b19-8+/t9-/m1/s1. The van der Waals surface area contributed by atoms with Crippen LogP contribution in [0.15, 0.2) is 41.5 Å². The zero-order chi connectivity index (χ0) is 17.7. The second kappa shape index (κ2) is 7.65. The molecule has 0 aliphatic carbocycles. The van der Waals surface area contributed by atoms with Gasteiger partial charge in [-0.3, -0.25) is 4.79 Å². The molecule has 126 valence electrons. The fourth-order valence-electron chi connectivity index (χ4n) is 1.73. The number of aromatic hydroxyl groups is 2. The monoisotopic (exact) mass is 352 g/mol. The third-order valence-corrected chi connectivity index (χ3v) is 3.25. The average Bonchev–Trinajstić information content (AvgIpc) is 2.54. The first-order chi connectivity index (χ1) is 11.4. The Labute approximate surface area is 142 Å². The smallest absolute Gasteiger partial charge is 0.280 e. The van der Waals surface area contributed by atoms with Crippen LogP contribution in [0.2, 0.25) is 5.02 Å². The lowest BCUT2D eigenvalue weighted by Gasteiger charge is -2.13. The number of hydrogen-bond acceptors (Lipinski definition) is 5. The average molecular weight is 353 g/mol. The molecular weight excluding hydrogens is 339 g/mol. The second-order valence-electron chi connectivity index (χ2n) is 4.80. The van der Waals surface area contributed by atoms with Crippen molar-refractivity contribution >= 4 is 23.7 Å². The third kappa shape index (κ3) is 4.36. The van der Waals surface area contributed by atoms with Crippen LogP contribution in [-0.4, -0.2) is 28.4 Å². The number of benzene rings is 2. The van der Waals surface area contributed by atoms with E-state index in [9.17, 15) is 19.4 Å². The number of nitrogens with zero attached hydrogens (tertiary/aromatic N) is 1. The van der Waals surface area contributed by atoms with E-state index in [1.54, 1.807) is 6.07 Å². The van der Waals surface area contributed by atoms with Crippen LogP contribution in [0.25, 0.3) is 0 Å². The summed E-state index contributed by atoms with van der Waals surface area (Å²) in [6, 6.07) is 8.29. The van der Waals surface area contributed by atoms with E-state index in [0.29, 0.717) is 5.56 Å². The highest BCUT2D eigenvalue weighted by Gasteiger charge is 2.15. The van der Waals surface area contributed by atoms with E-state index >= 15 is 0 Å². The van der Waals surface area contributed by atoms with Gasteiger partial charge in [0.15, 0.2) is 29.2 Å². The number of rotatable bonds is 5. The first kappa shape index (κ1) is 17.6. The second-order valence-corrected chi connectivity index (χ2v) is 5.20. The lowest BCUT2D eigenvalue weighted by molar-refractivity contribution is -0.127. The Morgan fingerprint density at radius 3 is 2.75 bits per heavy atom. The molecule has 0 aliphatic heterocycles. The Balaban J connectivity index is 1.96. The van der Waals surface area contributed by atoms with E-state index in [4.69, 9.17) is 16.3 Å². The van der Waals surface area contributed by atoms with Gasteiger partial charge in [-0.1, -0.05) is 23.7 Å². The van der Waals surface area contributed by atoms with E-state index in [1.165, 1.54) is 43.5 Å². The molecule has 2 aromatic rings. The van der Waals surface area contributed by atoms with Crippen molar-refractivity contribution in [2.75, 3.05) is 0 Å². The van der Waals surface area contributed by atoms with E-state index in [0.717, 1.165) is 0 Å². The molecule has 0 saturated heterocycles. The number of halogens is 2. The fraction of sp³-hybridized carbons (Fsp3) is 0.125. The van der Waals surface area contributed by atoms with Crippen molar-refractivity contribution in [3.8, 4) is 17.2 Å². The highest BCUT2D eigenvalue weighted by Crippen LogP contribution is 2.33. The molecular formula is C16H14ClFN2O4. The van der Waals surface area contributed by atoms with Crippen molar-refractivity contribution in [2.24, 2.45) is 5.10 Å². The molecule has 0 bridgehead atoms. The van der Waals surface area contributed by atoms with Crippen LogP contribution >= 0.6 is 11.6 Å². The van der Waals surface area contributed by atoms with Crippen LogP contribution in [0.5, 0.6) is 17.2 Å². The quantitative estimate of drug-likeness (QED) is 0.438. The number of carbonyl (C=O) groups excluding carboxylic acids is 1. The number of phenolic OH excluding ortho intramolecular Hbond substituents is 2. The molecule has 0 heterocycles. The minimum atomic E-state index is -0.976. The molecule has 1 atom stereocenters. The molecule has 0 spiro atoms. The predicted octanol–water partition coefficient (Wildman–Crippen LogP) is 2.81. The van der Waals surface area contributed by atoms with Gasteiger partial charge in [-0.05, 0) is 36.8 Å². The van der Waals surface area contributed by atoms with E-state index in [-0.39, 0.29) is 10.8 Å². The number of phenols is 2. The van der Waals surface area contributed by atoms with Crippen LogP contribution < -0.4 is 10.2 Å². The minimum Gasteiger partial charge on any atom is -0.504 e. The maximum absolute atomic E-state index is 13.5. The van der Waals surface area contributed by atoms with Crippen LogP contribution in [0.3, 0.4) is 0 Å². The van der Waals surface area contributed by atoms with Crippen molar-refractivity contribution in [1.82, 2.24) is 5.43 Å². The molecule has 2 aromatic carbocycles. The SMILES string of the molecule is C[C@@H](Oc1ccccc1F)C(=O)N/N=C/c1cc(O)c(O)c(Cl)c1. The lowest BCUT2D eigenvalue weighted by atomic mass is 10.2. The number of carbonyl (C=O) groups is 1. The largest absolute Gasteiger partial charge is 0.504 e. The summed E-state index contributed by atoms with van der Waals surface area (Å²) in [6.45, 7) is 1.44. The zero-order valence-electron chi connectivity index (χ0n) is 12.5. The minimum absolute atomic E-state index is 0.0423. The summed E-state index contributed by atoms with van der Waals surface area (Å²) >= 11 is 5.70. The fourth-order valence-corrected chi connectivity index (χ4v) is 1.95. The number of para-hydroxylation sites is 1. The van der Waals surface area contributed by atoms with Crippen molar-refractivity contribution in [1.29, 1.82) is 0 Å². The van der Waals surface area contributed by atoms with E-state index in [2.05, 4.69) is 10.5 Å². The highest BCUT2D eigenvalue weighted by atomic mass is 35.5. The maximum atomic E-state index is 13.5. The Morgan fingerprint density at radius 1 is 1.38 bits per heavy atom. The molecule has 3 N–H and O–H groups in total. The summed E-state index contributed by atoms with van der Waals surface area (Å²) in [5, 5.41) is 22.4. The van der Waals surface area contributed by atoms with Crippen molar-refractivity contribution < 1.29 is 24.1 Å². The van der Waals surface area contributed by atoms with Gasteiger partial charge in [-0.2, -0.15) is 5.10 Å². The Hall–Kier alpha value is -2.80. The number of nitrogens with one attached hydrogen (secondary N) is 1. The molecule has 0 fully saturated rings. The molecule has 0 aromatic heterocycles. The maximum Gasteiger partial charge on any atom is 0.280 e. The number of amides is 1. The van der Waals surface area contributed by atoms with Crippen LogP contribution in [0.4, 0.5) is 4.39 Å². The van der Waals surface area contributed by atoms with Crippen LogP contribution in [0, 0.1) is 5.82 Å². The number of hydrogen-bond donors (Lipinski definition) is 3. The van der Waals surface area contributed by atoms with Gasteiger partial charge in [-0.15, -0.1) is 0 Å². The topological polar surface area (TPSA) is 91.2 Å². The van der Waals surface area contributed by atoms with Gasteiger partial charge in [0, 0.05) is 0 Å². The van der Waals surface area contributed by atoms with Crippen LogP contribution in [0.1, 0.15) is 12.5 Å². The normalized spacial score (nSPS) is 12.1.